The molecule has 2 aliphatic carbocycles. The molecule has 59 heavy (non-hydrogen) atoms. The number of benzene rings is 2. The Morgan fingerprint density at radius 1 is 0.644 bits per heavy atom. The van der Waals surface area contributed by atoms with Crippen LogP contribution in [-0.4, -0.2) is 93.1 Å². The van der Waals surface area contributed by atoms with Gasteiger partial charge in [0.05, 0.1) is 50.1 Å². The van der Waals surface area contributed by atoms with Gasteiger partial charge in [0.1, 0.15) is 23.7 Å². The van der Waals surface area contributed by atoms with Gasteiger partial charge in [-0.05, 0) is 96.4 Å². The average molecular weight is 805 g/mol. The van der Waals surface area contributed by atoms with Crippen molar-refractivity contribution < 1.29 is 28.7 Å². The van der Waals surface area contributed by atoms with E-state index in [1.54, 1.807) is 0 Å². The third-order valence-corrected chi connectivity index (χ3v) is 13.0. The van der Waals surface area contributed by atoms with Crippen LogP contribution >= 0.6 is 0 Å². The molecule has 6 unspecified atom stereocenters. The summed E-state index contributed by atoms with van der Waals surface area (Å²) >= 11 is 0. The summed E-state index contributed by atoms with van der Waals surface area (Å²) in [6, 6.07) is 11.4. The van der Waals surface area contributed by atoms with Gasteiger partial charge in [-0.2, -0.15) is 0 Å². The minimum atomic E-state index is -0.685. The zero-order valence-corrected chi connectivity index (χ0v) is 34.8. The van der Waals surface area contributed by atoms with Gasteiger partial charge in [-0.25, -0.2) is 19.6 Å². The largest absolute Gasteiger partial charge is 0.453 e. The maximum atomic E-state index is 13.8. The standard InChI is InChI=1S/C45H56N8O6/c1-24(2)38(50-44(56)58-5)42(54)52-19-7-9-34(52)40-46-22-32(48-40)27-13-11-26(12-14-27)30-17-18-31(37-29-16-15-28(21-29)36(30)37)33-23-47-41(49-33)35-10-8-20-53(35)43(55)39(25(3)4)51-45(57)59-6/h11-14,17-18,22-25,28-29,34-35,38-39H,7-10,15-16,19-21H2,1-6H3,(H,46,48)(H,47,49)(H,50,56)(H,51,57). The second kappa shape index (κ2) is 16.5. The molecule has 312 valence electrons. The van der Waals surface area contributed by atoms with E-state index >= 15 is 0 Å². The van der Waals surface area contributed by atoms with Crippen molar-refractivity contribution in [2.45, 2.75) is 109 Å². The number of fused-ring (bicyclic) bond motifs is 5. The fraction of sp³-hybridized carbons (Fsp3) is 0.511. The van der Waals surface area contributed by atoms with Crippen molar-refractivity contribution in [3.05, 3.63) is 71.6 Å². The molecule has 14 heteroatoms. The first-order valence-electron chi connectivity index (χ1n) is 21.1. The number of aromatic amines is 2. The summed E-state index contributed by atoms with van der Waals surface area (Å²) in [6.07, 6.45) is 9.34. The van der Waals surface area contributed by atoms with Gasteiger partial charge in [-0.3, -0.25) is 9.59 Å². The first-order valence-corrected chi connectivity index (χ1v) is 21.1. The minimum absolute atomic E-state index is 0.101. The number of carbonyl (C=O) groups is 4. The maximum absolute atomic E-state index is 13.8. The first-order chi connectivity index (χ1) is 28.5. The molecule has 2 aromatic carbocycles. The predicted molar refractivity (Wildman–Crippen MR) is 222 cm³/mol. The van der Waals surface area contributed by atoms with Crippen LogP contribution in [0.2, 0.25) is 0 Å². The summed E-state index contributed by atoms with van der Waals surface area (Å²) in [5.41, 5.74) is 9.32. The van der Waals surface area contributed by atoms with Gasteiger partial charge < -0.3 is 39.9 Å². The molecule has 8 rings (SSSR count). The number of nitrogens with zero attached hydrogens (tertiary/aromatic N) is 4. The zero-order valence-electron chi connectivity index (χ0n) is 34.8. The zero-order chi connectivity index (χ0) is 41.5. The van der Waals surface area contributed by atoms with Gasteiger partial charge in [0.25, 0.3) is 0 Å². The summed E-state index contributed by atoms with van der Waals surface area (Å²) in [5.74, 6) is 2.06. The summed E-state index contributed by atoms with van der Waals surface area (Å²) in [5, 5.41) is 5.45. The molecule has 4 aromatic rings. The van der Waals surface area contributed by atoms with Crippen LogP contribution in [0.15, 0.2) is 48.8 Å². The number of hydrogen-bond acceptors (Lipinski definition) is 8. The van der Waals surface area contributed by atoms with E-state index in [-0.39, 0.29) is 35.7 Å². The van der Waals surface area contributed by atoms with E-state index in [1.165, 1.54) is 54.9 Å². The smallest absolute Gasteiger partial charge is 0.407 e. The van der Waals surface area contributed by atoms with Crippen LogP contribution in [0.5, 0.6) is 0 Å². The Hall–Kier alpha value is -5.66. The van der Waals surface area contributed by atoms with Gasteiger partial charge in [-0.15, -0.1) is 0 Å². The molecule has 2 aromatic heterocycles. The molecule has 1 saturated carbocycles. The molecule has 0 spiro atoms. The molecule has 14 nitrogen and oxygen atoms in total. The summed E-state index contributed by atoms with van der Waals surface area (Å²) in [7, 11) is 2.60. The minimum Gasteiger partial charge on any atom is -0.453 e. The fourth-order valence-electron chi connectivity index (χ4n) is 10.0. The highest BCUT2D eigenvalue weighted by Gasteiger charge is 2.42. The Kier molecular flexibility index (Phi) is 11.2. The van der Waals surface area contributed by atoms with Crippen molar-refractivity contribution in [2.24, 2.45) is 11.8 Å². The van der Waals surface area contributed by atoms with Crippen LogP contribution < -0.4 is 10.6 Å². The van der Waals surface area contributed by atoms with Crippen molar-refractivity contribution in [1.82, 2.24) is 40.4 Å². The van der Waals surface area contributed by atoms with Crippen LogP contribution in [0.4, 0.5) is 9.59 Å². The maximum Gasteiger partial charge on any atom is 0.407 e. The molecule has 4 heterocycles. The second-order valence-corrected chi connectivity index (χ2v) is 17.2. The Bertz CT molecular complexity index is 2210. The number of imidazole rings is 2. The van der Waals surface area contributed by atoms with Crippen molar-refractivity contribution in [1.29, 1.82) is 0 Å². The van der Waals surface area contributed by atoms with Crippen LogP contribution in [0.3, 0.4) is 0 Å². The Morgan fingerprint density at radius 3 is 1.61 bits per heavy atom. The molecular weight excluding hydrogens is 749 g/mol. The quantitative estimate of drug-likeness (QED) is 0.120. The van der Waals surface area contributed by atoms with E-state index in [4.69, 9.17) is 19.4 Å². The number of methoxy groups -OCH3 is 2. The van der Waals surface area contributed by atoms with E-state index in [0.29, 0.717) is 24.9 Å². The third-order valence-electron chi connectivity index (χ3n) is 13.0. The van der Waals surface area contributed by atoms with E-state index in [2.05, 4.69) is 57.0 Å². The molecule has 2 aliphatic heterocycles. The monoisotopic (exact) mass is 804 g/mol. The van der Waals surface area contributed by atoms with Crippen molar-refractivity contribution in [3.63, 3.8) is 0 Å². The lowest BCUT2D eigenvalue weighted by molar-refractivity contribution is -0.136. The Balaban J connectivity index is 1.01. The number of alkyl carbamates (subject to hydrolysis) is 2. The first kappa shape index (κ1) is 40.1. The van der Waals surface area contributed by atoms with Gasteiger partial charge in [0, 0.05) is 18.7 Å². The number of aromatic nitrogens is 4. The lowest BCUT2D eigenvalue weighted by Crippen LogP contribution is -2.51. The molecule has 2 bridgehead atoms. The average Bonchev–Trinajstić information content (AvgIpc) is 4.10. The topological polar surface area (TPSA) is 175 Å². The van der Waals surface area contributed by atoms with Crippen LogP contribution in [0.1, 0.15) is 119 Å². The van der Waals surface area contributed by atoms with E-state index < -0.39 is 24.3 Å². The van der Waals surface area contributed by atoms with Crippen molar-refractivity contribution >= 4 is 24.0 Å². The number of H-pyrrole nitrogens is 2. The molecule has 4 amide bonds. The molecule has 0 radical (unpaired) electrons. The van der Waals surface area contributed by atoms with E-state index in [9.17, 15) is 19.2 Å². The van der Waals surface area contributed by atoms with Crippen LogP contribution in [0, 0.1) is 11.8 Å². The third kappa shape index (κ3) is 7.57. The normalized spacial score (nSPS) is 21.8. The molecular formula is C45H56N8O6. The number of likely N-dealkylation sites (tertiary alicyclic amines) is 2. The highest BCUT2D eigenvalue weighted by atomic mass is 16.5. The second-order valence-electron chi connectivity index (χ2n) is 17.2. The Labute approximate surface area is 345 Å². The Morgan fingerprint density at radius 2 is 1.10 bits per heavy atom. The summed E-state index contributed by atoms with van der Waals surface area (Å²) < 4.78 is 9.59. The van der Waals surface area contributed by atoms with Crippen LogP contribution in [-0.2, 0) is 19.1 Å². The van der Waals surface area contributed by atoms with Gasteiger partial charge in [0.15, 0.2) is 0 Å². The highest BCUT2D eigenvalue weighted by molar-refractivity contribution is 5.87. The fourth-order valence-corrected chi connectivity index (χ4v) is 10.0. The number of amides is 4. The van der Waals surface area contributed by atoms with Crippen LogP contribution in [0.25, 0.3) is 33.6 Å². The van der Waals surface area contributed by atoms with Crippen molar-refractivity contribution in [3.8, 4) is 33.6 Å². The van der Waals surface area contributed by atoms with E-state index in [1.807, 2.05) is 49.9 Å². The SMILES string of the molecule is COC(=O)NC(C(=O)N1CCCC1c1ncc(-c2ccc(-c3ccc(-c4cnc(C5CCCN5C(=O)C(NC(=O)OC)C(C)C)[nH]4)c4c3C3CCC4C3)cc2)[nH]1)C(C)C. The molecule has 2 saturated heterocycles. The van der Waals surface area contributed by atoms with Gasteiger partial charge >= 0.3 is 12.2 Å². The van der Waals surface area contributed by atoms with Gasteiger partial charge in [-0.1, -0.05) is 64.1 Å². The molecule has 3 fully saturated rings. The number of rotatable bonds is 11. The molecule has 6 atom stereocenters. The van der Waals surface area contributed by atoms with Crippen molar-refractivity contribution in [2.75, 3.05) is 27.3 Å². The summed E-state index contributed by atoms with van der Waals surface area (Å²) in [4.78, 5) is 71.9. The van der Waals surface area contributed by atoms with E-state index in [0.717, 1.165) is 60.7 Å². The number of ether oxygens (including phenoxy) is 2. The lowest BCUT2D eigenvalue weighted by Gasteiger charge is -2.30. The number of nitrogens with one attached hydrogen (secondary N) is 4. The summed E-state index contributed by atoms with van der Waals surface area (Å²) in [6.45, 7) is 8.87. The van der Waals surface area contributed by atoms with Gasteiger partial charge in [0.2, 0.25) is 11.8 Å². The number of carbonyl (C=O) groups excluding carboxylic acids is 4. The molecule has 4 N–H and O–H groups in total. The lowest BCUT2D eigenvalue weighted by atomic mass is 9.82. The highest BCUT2D eigenvalue weighted by Crippen LogP contribution is 2.58. The molecule has 4 aliphatic rings. The number of hydrogen-bond donors (Lipinski definition) is 4. The predicted octanol–water partition coefficient (Wildman–Crippen LogP) is 7.59.